The van der Waals surface area contributed by atoms with Gasteiger partial charge in [-0.1, -0.05) is 36.4 Å². The van der Waals surface area contributed by atoms with Crippen LogP contribution in [0.15, 0.2) is 48.5 Å². The molecule has 1 fully saturated rings. The van der Waals surface area contributed by atoms with Crippen LogP contribution in [0.5, 0.6) is 0 Å². The van der Waals surface area contributed by atoms with E-state index in [9.17, 15) is 4.79 Å². The van der Waals surface area contributed by atoms with Crippen molar-refractivity contribution in [3.05, 3.63) is 54.2 Å². The number of rotatable bonds is 3. The average Bonchev–Trinajstić information content (AvgIpc) is 3.07. The topological polar surface area (TPSA) is 61.0 Å². The van der Waals surface area contributed by atoms with Crippen molar-refractivity contribution in [1.82, 2.24) is 20.4 Å². The zero-order valence-corrected chi connectivity index (χ0v) is 14.3. The molecule has 5 heteroatoms. The molecule has 1 aromatic heterocycles. The van der Waals surface area contributed by atoms with Crippen molar-refractivity contribution < 1.29 is 4.79 Å². The maximum absolute atomic E-state index is 12.7. The van der Waals surface area contributed by atoms with E-state index in [0.717, 1.165) is 48.0 Å². The molecule has 0 saturated carbocycles. The molecule has 2 heterocycles. The summed E-state index contributed by atoms with van der Waals surface area (Å²) in [6, 6.07) is 16.5. The van der Waals surface area contributed by atoms with Crippen LogP contribution >= 0.6 is 0 Å². The summed E-state index contributed by atoms with van der Waals surface area (Å²) in [5.74, 6) is -0.0917. The lowest BCUT2D eigenvalue weighted by molar-refractivity contribution is 0.0913. The number of likely N-dealkylation sites (tertiary alicyclic amines) is 1. The van der Waals surface area contributed by atoms with E-state index in [1.165, 1.54) is 0 Å². The van der Waals surface area contributed by atoms with Crippen LogP contribution in [-0.2, 0) is 0 Å². The van der Waals surface area contributed by atoms with Gasteiger partial charge in [-0.25, -0.2) is 0 Å². The fraction of sp³-hybridized carbons (Fsp3) is 0.300. The number of nitrogens with one attached hydrogen (secondary N) is 2. The molecule has 0 radical (unpaired) electrons. The molecule has 1 saturated heterocycles. The van der Waals surface area contributed by atoms with Crippen molar-refractivity contribution in [2.75, 3.05) is 20.1 Å². The van der Waals surface area contributed by atoms with Crippen molar-refractivity contribution in [2.24, 2.45) is 0 Å². The number of benzene rings is 2. The maximum atomic E-state index is 12.7. The zero-order chi connectivity index (χ0) is 17.2. The molecule has 5 nitrogen and oxygen atoms in total. The molecule has 2 N–H and O–H groups in total. The highest BCUT2D eigenvalue weighted by Gasteiger charge is 2.21. The van der Waals surface area contributed by atoms with Gasteiger partial charge in [-0.2, -0.15) is 5.10 Å². The Labute approximate surface area is 147 Å². The van der Waals surface area contributed by atoms with E-state index in [4.69, 9.17) is 0 Å². The first-order valence-corrected chi connectivity index (χ1v) is 8.73. The van der Waals surface area contributed by atoms with E-state index in [0.29, 0.717) is 5.69 Å². The third-order valence-corrected chi connectivity index (χ3v) is 4.94. The van der Waals surface area contributed by atoms with Gasteiger partial charge in [0.05, 0.1) is 5.52 Å². The summed E-state index contributed by atoms with van der Waals surface area (Å²) in [4.78, 5) is 15.0. The van der Waals surface area contributed by atoms with E-state index >= 15 is 0 Å². The minimum absolute atomic E-state index is 0.0917. The third-order valence-electron chi connectivity index (χ3n) is 4.94. The molecule has 2 aromatic carbocycles. The lowest BCUT2D eigenvalue weighted by Crippen LogP contribution is -2.43. The molecule has 1 aliphatic rings. The first kappa shape index (κ1) is 15.8. The Kier molecular flexibility index (Phi) is 4.24. The van der Waals surface area contributed by atoms with Gasteiger partial charge in [-0.05, 0) is 56.2 Å². The Morgan fingerprint density at radius 1 is 1.12 bits per heavy atom. The number of fused-ring (bicyclic) bond motifs is 1. The Bertz CT molecular complexity index is 879. The molecular weight excluding hydrogens is 312 g/mol. The van der Waals surface area contributed by atoms with Gasteiger partial charge in [0.25, 0.3) is 5.91 Å². The average molecular weight is 334 g/mol. The van der Waals surface area contributed by atoms with Crippen LogP contribution in [0.3, 0.4) is 0 Å². The highest BCUT2D eigenvalue weighted by molar-refractivity contribution is 6.05. The monoisotopic (exact) mass is 334 g/mol. The summed E-state index contributed by atoms with van der Waals surface area (Å²) >= 11 is 0. The lowest BCUT2D eigenvalue weighted by Gasteiger charge is -2.29. The predicted octanol–water partition coefficient (Wildman–Crippen LogP) is 3.05. The molecule has 25 heavy (non-hydrogen) atoms. The first-order valence-electron chi connectivity index (χ1n) is 8.73. The van der Waals surface area contributed by atoms with Gasteiger partial charge in [0.2, 0.25) is 0 Å². The number of hydrogen-bond acceptors (Lipinski definition) is 3. The Morgan fingerprint density at radius 2 is 1.88 bits per heavy atom. The number of amides is 1. The highest BCUT2D eigenvalue weighted by Crippen LogP contribution is 2.25. The second kappa shape index (κ2) is 6.69. The van der Waals surface area contributed by atoms with E-state index in [2.05, 4.69) is 45.7 Å². The summed E-state index contributed by atoms with van der Waals surface area (Å²) in [6.45, 7) is 2.04. The van der Waals surface area contributed by atoms with Crippen molar-refractivity contribution in [3.8, 4) is 11.1 Å². The quantitative estimate of drug-likeness (QED) is 0.774. The van der Waals surface area contributed by atoms with Gasteiger partial charge in [-0.3, -0.25) is 9.89 Å². The number of carbonyl (C=O) groups excluding carboxylic acids is 1. The van der Waals surface area contributed by atoms with Crippen LogP contribution in [-0.4, -0.2) is 47.2 Å². The standard InChI is InChI=1S/C20H22N4O/c1-24-11-9-16(10-12-24)21-20(25)19-17-13-15(7-8-18(17)22-23-19)14-5-3-2-4-6-14/h2-8,13,16H,9-12H2,1H3,(H,21,25)(H,22,23). The van der Waals surface area contributed by atoms with Crippen molar-refractivity contribution in [3.63, 3.8) is 0 Å². The predicted molar refractivity (Wildman–Crippen MR) is 99.5 cm³/mol. The summed E-state index contributed by atoms with van der Waals surface area (Å²) < 4.78 is 0. The molecule has 1 aliphatic heterocycles. The SMILES string of the molecule is CN1CCC(NC(=O)c2n[nH]c3ccc(-c4ccccc4)cc23)CC1. The fourth-order valence-corrected chi connectivity index (χ4v) is 3.40. The Morgan fingerprint density at radius 3 is 2.64 bits per heavy atom. The Balaban J connectivity index is 1.60. The minimum atomic E-state index is -0.0917. The van der Waals surface area contributed by atoms with E-state index in [1.54, 1.807) is 0 Å². The molecule has 0 bridgehead atoms. The van der Waals surface area contributed by atoms with Crippen LogP contribution in [0.25, 0.3) is 22.0 Å². The van der Waals surface area contributed by atoms with Crippen LogP contribution < -0.4 is 5.32 Å². The molecule has 0 atom stereocenters. The summed E-state index contributed by atoms with van der Waals surface area (Å²) in [6.07, 6.45) is 1.97. The van der Waals surface area contributed by atoms with Gasteiger partial charge in [0.15, 0.2) is 5.69 Å². The van der Waals surface area contributed by atoms with Crippen LogP contribution in [0.4, 0.5) is 0 Å². The van der Waals surface area contributed by atoms with Gasteiger partial charge >= 0.3 is 0 Å². The molecule has 0 aliphatic carbocycles. The molecule has 1 amide bonds. The number of aromatic amines is 1. The summed E-state index contributed by atoms with van der Waals surface area (Å²) in [5.41, 5.74) is 3.58. The number of aromatic nitrogens is 2. The largest absolute Gasteiger partial charge is 0.348 e. The van der Waals surface area contributed by atoms with Crippen molar-refractivity contribution in [2.45, 2.75) is 18.9 Å². The Hall–Kier alpha value is -2.66. The molecule has 128 valence electrons. The van der Waals surface area contributed by atoms with Gasteiger partial charge in [0.1, 0.15) is 0 Å². The smallest absolute Gasteiger partial charge is 0.272 e. The third kappa shape index (κ3) is 3.28. The second-order valence-electron chi connectivity index (χ2n) is 6.75. The molecule has 4 rings (SSSR count). The second-order valence-corrected chi connectivity index (χ2v) is 6.75. The molecule has 0 unspecified atom stereocenters. The number of piperidine rings is 1. The highest BCUT2D eigenvalue weighted by atomic mass is 16.2. The summed E-state index contributed by atoms with van der Waals surface area (Å²) in [5, 5.41) is 11.2. The van der Waals surface area contributed by atoms with Gasteiger partial charge in [-0.15, -0.1) is 0 Å². The van der Waals surface area contributed by atoms with Crippen molar-refractivity contribution >= 4 is 16.8 Å². The number of nitrogens with zero attached hydrogens (tertiary/aromatic N) is 2. The molecular formula is C20H22N4O. The number of carbonyl (C=O) groups is 1. The van der Waals surface area contributed by atoms with Crippen molar-refractivity contribution in [1.29, 1.82) is 0 Å². The van der Waals surface area contributed by atoms with Crippen LogP contribution in [0.2, 0.25) is 0 Å². The van der Waals surface area contributed by atoms with E-state index < -0.39 is 0 Å². The zero-order valence-electron chi connectivity index (χ0n) is 14.3. The fourth-order valence-electron chi connectivity index (χ4n) is 3.40. The summed E-state index contributed by atoms with van der Waals surface area (Å²) in [7, 11) is 2.12. The normalized spacial score (nSPS) is 16.2. The van der Waals surface area contributed by atoms with Crippen LogP contribution in [0, 0.1) is 0 Å². The van der Waals surface area contributed by atoms with Gasteiger partial charge in [0, 0.05) is 11.4 Å². The molecule has 0 spiro atoms. The minimum Gasteiger partial charge on any atom is -0.348 e. The number of hydrogen-bond donors (Lipinski definition) is 2. The van der Waals surface area contributed by atoms with Crippen LogP contribution in [0.1, 0.15) is 23.3 Å². The van der Waals surface area contributed by atoms with E-state index in [1.807, 2.05) is 30.3 Å². The number of H-pyrrole nitrogens is 1. The van der Waals surface area contributed by atoms with Gasteiger partial charge < -0.3 is 10.2 Å². The molecule has 3 aromatic rings. The lowest BCUT2D eigenvalue weighted by atomic mass is 10.0. The van der Waals surface area contributed by atoms with E-state index in [-0.39, 0.29) is 11.9 Å². The maximum Gasteiger partial charge on any atom is 0.272 e. The first-order chi connectivity index (χ1) is 12.2.